The molecule has 0 aromatic rings. The normalized spacial score (nSPS) is 21.2. The number of rotatable bonds is 23. The number of carbonyl (C=O) groups excluding carboxylic acids is 3. The van der Waals surface area contributed by atoms with Gasteiger partial charge in [-0.2, -0.15) is 0 Å². The molecular formula is C54H78O5. The molecule has 0 saturated carbocycles. The van der Waals surface area contributed by atoms with Gasteiger partial charge >= 0.3 is 5.97 Å². The highest BCUT2D eigenvalue weighted by molar-refractivity contribution is 6.02. The van der Waals surface area contributed by atoms with E-state index in [1.54, 1.807) is 6.92 Å². The average molecular weight is 807 g/mol. The summed E-state index contributed by atoms with van der Waals surface area (Å²) in [5.41, 5.74) is 7.12. The summed E-state index contributed by atoms with van der Waals surface area (Å²) in [6.07, 6.45) is 41.8. The van der Waals surface area contributed by atoms with Crippen molar-refractivity contribution in [3.63, 3.8) is 0 Å². The fourth-order valence-electron chi connectivity index (χ4n) is 7.84. The number of esters is 1. The van der Waals surface area contributed by atoms with Gasteiger partial charge in [0.25, 0.3) is 0 Å². The van der Waals surface area contributed by atoms with Crippen LogP contribution in [0.5, 0.6) is 0 Å². The third kappa shape index (κ3) is 18.8. The monoisotopic (exact) mass is 807 g/mol. The van der Waals surface area contributed by atoms with Gasteiger partial charge in [0.05, 0.1) is 0 Å². The van der Waals surface area contributed by atoms with Gasteiger partial charge in [-0.3, -0.25) is 14.4 Å². The van der Waals surface area contributed by atoms with Crippen molar-refractivity contribution in [2.45, 2.75) is 178 Å². The summed E-state index contributed by atoms with van der Waals surface area (Å²) < 4.78 is 5.76. The maximum atomic E-state index is 13.3. The lowest BCUT2D eigenvalue weighted by molar-refractivity contribution is -0.156. The predicted molar refractivity (Wildman–Crippen MR) is 250 cm³/mol. The Balaban J connectivity index is 1.85. The Morgan fingerprint density at radius 1 is 0.593 bits per heavy atom. The van der Waals surface area contributed by atoms with Crippen LogP contribution in [0.2, 0.25) is 0 Å². The SMILES string of the molecule is CCCCCCCCCCCCCC(=O)O[C@H]1CC(C)(C)C(/C=C/C(C)=C/C=C/C(C)=C/C=C/C=C(C)/C=C/C=C(C)/C=C/C2=C(C)C(=O)[C@@H](O)CC2(C)C)=C(C)C1=O. The first-order valence-electron chi connectivity index (χ1n) is 22.4. The van der Waals surface area contributed by atoms with Crippen molar-refractivity contribution in [3.05, 3.63) is 130 Å². The number of hydrogen-bond donors (Lipinski definition) is 1. The topological polar surface area (TPSA) is 80.7 Å². The molecule has 0 aromatic heterocycles. The van der Waals surface area contributed by atoms with Gasteiger partial charge < -0.3 is 9.84 Å². The Morgan fingerprint density at radius 2 is 0.983 bits per heavy atom. The quantitative estimate of drug-likeness (QED) is 0.0632. The number of allylic oxidation sites excluding steroid dienone is 20. The van der Waals surface area contributed by atoms with Gasteiger partial charge in [0.15, 0.2) is 17.7 Å². The molecule has 0 saturated heterocycles. The van der Waals surface area contributed by atoms with Crippen LogP contribution in [0, 0.1) is 10.8 Å². The Labute approximate surface area is 359 Å². The van der Waals surface area contributed by atoms with Crippen molar-refractivity contribution < 1.29 is 24.2 Å². The molecule has 2 aliphatic carbocycles. The molecule has 59 heavy (non-hydrogen) atoms. The van der Waals surface area contributed by atoms with E-state index in [0.29, 0.717) is 30.4 Å². The van der Waals surface area contributed by atoms with E-state index in [2.05, 4.69) is 78.8 Å². The smallest absolute Gasteiger partial charge is 0.306 e. The van der Waals surface area contributed by atoms with E-state index in [4.69, 9.17) is 4.74 Å². The van der Waals surface area contributed by atoms with E-state index >= 15 is 0 Å². The molecule has 0 radical (unpaired) electrons. The Hall–Kier alpha value is -4.09. The van der Waals surface area contributed by atoms with Gasteiger partial charge in [0.2, 0.25) is 0 Å². The summed E-state index contributed by atoms with van der Waals surface area (Å²) in [6.45, 7) is 22.5. The van der Waals surface area contributed by atoms with E-state index in [9.17, 15) is 19.5 Å². The van der Waals surface area contributed by atoms with Crippen LogP contribution in [-0.4, -0.2) is 34.9 Å². The first-order chi connectivity index (χ1) is 27.9. The van der Waals surface area contributed by atoms with Gasteiger partial charge in [-0.05, 0) is 87.5 Å². The van der Waals surface area contributed by atoms with Gasteiger partial charge in [0, 0.05) is 12.8 Å². The Bertz CT molecular complexity index is 1770. The minimum absolute atomic E-state index is 0.0847. The number of Topliss-reactive ketones (excluding diaryl/α,β-unsaturated/α-hetero) is 2. The van der Waals surface area contributed by atoms with Crippen LogP contribution in [0.3, 0.4) is 0 Å². The Morgan fingerprint density at radius 3 is 1.46 bits per heavy atom. The van der Waals surface area contributed by atoms with E-state index in [1.165, 1.54) is 51.4 Å². The molecule has 0 unspecified atom stereocenters. The maximum Gasteiger partial charge on any atom is 0.306 e. The lowest BCUT2D eigenvalue weighted by Gasteiger charge is -2.36. The molecule has 2 atom stereocenters. The van der Waals surface area contributed by atoms with Crippen molar-refractivity contribution in [2.24, 2.45) is 10.8 Å². The third-order valence-corrected chi connectivity index (χ3v) is 11.5. The van der Waals surface area contributed by atoms with E-state index in [1.807, 2.05) is 75.5 Å². The molecule has 0 spiro atoms. The number of ether oxygens (including phenoxy) is 1. The van der Waals surface area contributed by atoms with Crippen molar-refractivity contribution in [3.8, 4) is 0 Å². The zero-order valence-corrected chi connectivity index (χ0v) is 38.7. The highest BCUT2D eigenvalue weighted by atomic mass is 16.5. The number of hydrogen-bond acceptors (Lipinski definition) is 5. The number of unbranched alkanes of at least 4 members (excludes halogenated alkanes) is 10. The summed E-state index contributed by atoms with van der Waals surface area (Å²) in [5, 5.41) is 10.1. The molecule has 2 aliphatic rings. The van der Waals surface area contributed by atoms with E-state index < -0.39 is 12.2 Å². The number of aliphatic hydroxyl groups excluding tert-OH is 1. The van der Waals surface area contributed by atoms with Crippen LogP contribution in [0.1, 0.15) is 166 Å². The fraction of sp³-hybridized carbons (Fsp3) is 0.537. The molecule has 0 bridgehead atoms. The van der Waals surface area contributed by atoms with Crippen molar-refractivity contribution in [2.75, 3.05) is 0 Å². The molecule has 0 amide bonds. The second kappa shape index (κ2) is 26.2. The van der Waals surface area contributed by atoms with Gasteiger partial charge in [-0.1, -0.05) is 206 Å². The molecule has 2 rings (SSSR count). The zero-order valence-electron chi connectivity index (χ0n) is 38.7. The Kier molecular flexibility index (Phi) is 22.7. The zero-order chi connectivity index (χ0) is 44.0. The van der Waals surface area contributed by atoms with Crippen LogP contribution in [-0.2, 0) is 19.1 Å². The predicted octanol–water partition coefficient (Wildman–Crippen LogP) is 14.2. The molecule has 324 valence electrons. The largest absolute Gasteiger partial charge is 0.454 e. The van der Waals surface area contributed by atoms with Crippen LogP contribution in [0.4, 0.5) is 0 Å². The van der Waals surface area contributed by atoms with Crippen molar-refractivity contribution >= 4 is 17.5 Å². The molecule has 0 aliphatic heterocycles. The average Bonchev–Trinajstić information content (AvgIpc) is 3.16. The fourth-order valence-corrected chi connectivity index (χ4v) is 7.84. The highest BCUT2D eigenvalue weighted by Crippen LogP contribution is 2.41. The van der Waals surface area contributed by atoms with Crippen LogP contribution in [0.25, 0.3) is 0 Å². The number of ketones is 2. The summed E-state index contributed by atoms with van der Waals surface area (Å²) in [7, 11) is 0. The number of aliphatic hydroxyl groups is 1. The molecule has 0 aromatic carbocycles. The lowest BCUT2D eigenvalue weighted by atomic mass is 9.71. The molecule has 0 heterocycles. The van der Waals surface area contributed by atoms with Crippen LogP contribution < -0.4 is 0 Å². The molecule has 5 heteroatoms. The third-order valence-electron chi connectivity index (χ3n) is 11.5. The standard InChI is InChI=1S/C54H78O5/c1-12-13-14-15-16-17-18-19-20-21-22-33-50(56)59-49-39-54(10,11)47(45(7)52(49)58)37-35-43(5)32-26-30-41(3)28-24-23-27-40(2)29-25-31-42(4)34-36-46-44(6)51(57)48(55)38-53(46,8)9/h23-32,34-37,48-49,55H,12-22,33,38-39H2,1-11H3/b24-23+,29-25+,30-26+,36-34+,37-35+,40-27+,41-28+,42-31+,43-32+/t48-,49-/m0/s1. The molecule has 0 fully saturated rings. The summed E-state index contributed by atoms with van der Waals surface area (Å²) in [6, 6.07) is 0. The maximum absolute atomic E-state index is 13.3. The number of carbonyl (C=O) groups is 3. The second-order valence-corrected chi connectivity index (χ2v) is 18.2. The van der Waals surface area contributed by atoms with Crippen molar-refractivity contribution in [1.82, 2.24) is 0 Å². The highest BCUT2D eigenvalue weighted by Gasteiger charge is 2.40. The van der Waals surface area contributed by atoms with E-state index in [0.717, 1.165) is 52.7 Å². The first-order valence-corrected chi connectivity index (χ1v) is 22.4. The van der Waals surface area contributed by atoms with Crippen molar-refractivity contribution in [1.29, 1.82) is 0 Å². The van der Waals surface area contributed by atoms with E-state index in [-0.39, 0.29) is 28.4 Å². The first kappa shape index (κ1) is 51.1. The van der Waals surface area contributed by atoms with Crippen LogP contribution in [0.15, 0.2) is 130 Å². The van der Waals surface area contributed by atoms with Gasteiger partial charge in [0.1, 0.15) is 6.10 Å². The minimum Gasteiger partial charge on any atom is -0.454 e. The second-order valence-electron chi connectivity index (χ2n) is 18.2. The summed E-state index contributed by atoms with van der Waals surface area (Å²) in [4.78, 5) is 38.3. The molecule has 5 nitrogen and oxygen atoms in total. The summed E-state index contributed by atoms with van der Waals surface area (Å²) >= 11 is 0. The lowest BCUT2D eigenvalue weighted by Crippen LogP contribution is -2.39. The van der Waals surface area contributed by atoms with Crippen LogP contribution >= 0.6 is 0 Å². The van der Waals surface area contributed by atoms with Gasteiger partial charge in [-0.25, -0.2) is 0 Å². The van der Waals surface area contributed by atoms with Gasteiger partial charge in [-0.15, -0.1) is 0 Å². The minimum atomic E-state index is -0.912. The molecule has 1 N–H and O–H groups in total. The molecular weight excluding hydrogens is 729 g/mol. The summed E-state index contributed by atoms with van der Waals surface area (Å²) in [5.74, 6) is -0.518.